The summed E-state index contributed by atoms with van der Waals surface area (Å²) in [6, 6.07) is 0.754. The van der Waals surface area contributed by atoms with Gasteiger partial charge in [0.15, 0.2) is 0 Å². The molecule has 0 aliphatic carbocycles. The van der Waals surface area contributed by atoms with Crippen molar-refractivity contribution < 1.29 is 9.84 Å². The van der Waals surface area contributed by atoms with Gasteiger partial charge in [0.1, 0.15) is 0 Å². The van der Waals surface area contributed by atoms with E-state index in [9.17, 15) is 5.11 Å². The zero-order valence-electron chi connectivity index (χ0n) is 9.33. The van der Waals surface area contributed by atoms with Crippen molar-refractivity contribution in [3.63, 3.8) is 0 Å². The molecule has 1 saturated heterocycles. The molecule has 0 aromatic carbocycles. The zero-order chi connectivity index (χ0) is 10.4. The van der Waals surface area contributed by atoms with Gasteiger partial charge >= 0.3 is 0 Å². The van der Waals surface area contributed by atoms with Gasteiger partial charge in [-0.2, -0.15) is 0 Å². The van der Waals surface area contributed by atoms with Gasteiger partial charge in [0, 0.05) is 25.3 Å². The predicted molar refractivity (Wildman–Crippen MR) is 57.3 cm³/mol. The molecule has 1 aliphatic heterocycles. The average molecular weight is 201 g/mol. The third-order valence-corrected chi connectivity index (χ3v) is 3.14. The topological polar surface area (TPSA) is 41.5 Å². The second-order valence-corrected chi connectivity index (χ2v) is 4.21. The number of nitrogens with one attached hydrogen (secondary N) is 1. The largest absolute Gasteiger partial charge is 0.395 e. The number of aliphatic hydroxyl groups excluding tert-OH is 1. The highest BCUT2D eigenvalue weighted by atomic mass is 16.5. The number of ether oxygens (including phenoxy) is 1. The minimum atomic E-state index is 0.245. The van der Waals surface area contributed by atoms with Crippen molar-refractivity contribution in [2.75, 3.05) is 19.8 Å². The Labute approximate surface area is 86.8 Å². The Kier molecular flexibility index (Phi) is 5.45. The molecule has 1 fully saturated rings. The molecule has 2 N–H and O–H groups in total. The van der Waals surface area contributed by atoms with Crippen molar-refractivity contribution in [1.29, 1.82) is 0 Å². The zero-order valence-corrected chi connectivity index (χ0v) is 9.33. The van der Waals surface area contributed by atoms with Gasteiger partial charge in [-0.15, -0.1) is 0 Å². The van der Waals surface area contributed by atoms with Gasteiger partial charge in [0.25, 0.3) is 0 Å². The van der Waals surface area contributed by atoms with Gasteiger partial charge in [-0.25, -0.2) is 0 Å². The fourth-order valence-corrected chi connectivity index (χ4v) is 1.94. The van der Waals surface area contributed by atoms with E-state index in [4.69, 9.17) is 4.74 Å². The van der Waals surface area contributed by atoms with Crippen molar-refractivity contribution in [2.24, 2.45) is 5.92 Å². The molecule has 2 atom stereocenters. The summed E-state index contributed by atoms with van der Waals surface area (Å²) in [5.41, 5.74) is 0. The van der Waals surface area contributed by atoms with Crippen LogP contribution >= 0.6 is 0 Å². The molecule has 0 radical (unpaired) electrons. The number of rotatable bonds is 5. The molecule has 0 amide bonds. The van der Waals surface area contributed by atoms with E-state index in [2.05, 4.69) is 19.2 Å². The Balaban J connectivity index is 2.35. The number of aliphatic hydroxyl groups is 1. The van der Waals surface area contributed by atoms with Crippen LogP contribution in [0.15, 0.2) is 0 Å². The first-order valence-corrected chi connectivity index (χ1v) is 5.72. The van der Waals surface area contributed by atoms with Crippen LogP contribution in [0, 0.1) is 5.92 Å². The Morgan fingerprint density at radius 3 is 2.57 bits per heavy atom. The molecule has 0 aromatic rings. The summed E-state index contributed by atoms with van der Waals surface area (Å²) in [6.07, 6.45) is 3.27. The summed E-state index contributed by atoms with van der Waals surface area (Å²) in [4.78, 5) is 0. The SMILES string of the molecule is CCC(C)NC(CO)C1CCOCC1. The quantitative estimate of drug-likeness (QED) is 0.701. The molecule has 0 aromatic heterocycles. The normalized spacial score (nSPS) is 23.4. The lowest BCUT2D eigenvalue weighted by molar-refractivity contribution is 0.0418. The van der Waals surface area contributed by atoms with Gasteiger partial charge in [0.2, 0.25) is 0 Å². The van der Waals surface area contributed by atoms with E-state index in [1.54, 1.807) is 0 Å². The summed E-state index contributed by atoms with van der Waals surface area (Å²) < 4.78 is 5.32. The maximum atomic E-state index is 9.32. The lowest BCUT2D eigenvalue weighted by Gasteiger charge is -2.31. The van der Waals surface area contributed by atoms with Crippen LogP contribution < -0.4 is 5.32 Å². The lowest BCUT2D eigenvalue weighted by Crippen LogP contribution is -2.45. The van der Waals surface area contributed by atoms with Crippen molar-refractivity contribution in [3.05, 3.63) is 0 Å². The molecule has 3 heteroatoms. The van der Waals surface area contributed by atoms with Gasteiger partial charge in [-0.3, -0.25) is 0 Å². The molecule has 1 rings (SSSR count). The Morgan fingerprint density at radius 2 is 2.07 bits per heavy atom. The summed E-state index contributed by atoms with van der Waals surface area (Å²) in [5.74, 6) is 0.586. The molecule has 0 bridgehead atoms. The van der Waals surface area contributed by atoms with Crippen LogP contribution in [0.2, 0.25) is 0 Å². The molecular formula is C11H23NO2. The van der Waals surface area contributed by atoms with E-state index in [-0.39, 0.29) is 12.6 Å². The van der Waals surface area contributed by atoms with Crippen LogP contribution in [0.3, 0.4) is 0 Å². The van der Waals surface area contributed by atoms with Gasteiger partial charge in [-0.1, -0.05) is 6.92 Å². The summed E-state index contributed by atoms with van der Waals surface area (Å²) in [6.45, 7) is 6.28. The molecule has 1 aliphatic rings. The fourth-order valence-electron chi connectivity index (χ4n) is 1.94. The molecule has 0 saturated carbocycles. The van der Waals surface area contributed by atoms with E-state index in [0.29, 0.717) is 12.0 Å². The number of hydrogen-bond donors (Lipinski definition) is 2. The fraction of sp³-hybridized carbons (Fsp3) is 1.00. The molecule has 84 valence electrons. The van der Waals surface area contributed by atoms with Gasteiger partial charge in [-0.05, 0) is 32.1 Å². The Hall–Kier alpha value is -0.120. The van der Waals surface area contributed by atoms with Crippen molar-refractivity contribution in [3.8, 4) is 0 Å². The Bertz CT molecular complexity index is 146. The van der Waals surface area contributed by atoms with E-state index >= 15 is 0 Å². The third kappa shape index (κ3) is 3.56. The van der Waals surface area contributed by atoms with Crippen LogP contribution in [-0.2, 0) is 4.74 Å². The first-order chi connectivity index (χ1) is 6.77. The van der Waals surface area contributed by atoms with Crippen molar-refractivity contribution in [2.45, 2.75) is 45.2 Å². The molecule has 3 nitrogen and oxygen atoms in total. The first kappa shape index (κ1) is 12.0. The van der Waals surface area contributed by atoms with Crippen LogP contribution in [0.25, 0.3) is 0 Å². The summed E-state index contributed by atoms with van der Waals surface area (Å²) in [7, 11) is 0. The highest BCUT2D eigenvalue weighted by molar-refractivity contribution is 4.79. The Morgan fingerprint density at radius 1 is 1.43 bits per heavy atom. The highest BCUT2D eigenvalue weighted by Crippen LogP contribution is 2.19. The summed E-state index contributed by atoms with van der Waals surface area (Å²) >= 11 is 0. The smallest absolute Gasteiger partial charge is 0.0587 e. The minimum Gasteiger partial charge on any atom is -0.395 e. The van der Waals surface area contributed by atoms with E-state index in [1.807, 2.05) is 0 Å². The standard InChI is InChI=1S/C11H23NO2/c1-3-9(2)12-11(8-13)10-4-6-14-7-5-10/h9-13H,3-8H2,1-2H3. The lowest BCUT2D eigenvalue weighted by atomic mass is 9.91. The second kappa shape index (κ2) is 6.38. The molecule has 0 spiro atoms. The van der Waals surface area contributed by atoms with Crippen LogP contribution in [-0.4, -0.2) is 37.0 Å². The van der Waals surface area contributed by atoms with Crippen molar-refractivity contribution >= 4 is 0 Å². The van der Waals surface area contributed by atoms with E-state index in [1.165, 1.54) is 0 Å². The van der Waals surface area contributed by atoms with Crippen molar-refractivity contribution in [1.82, 2.24) is 5.32 Å². The molecule has 14 heavy (non-hydrogen) atoms. The van der Waals surface area contributed by atoms with Crippen LogP contribution in [0.1, 0.15) is 33.1 Å². The van der Waals surface area contributed by atoms with E-state index in [0.717, 1.165) is 32.5 Å². The minimum absolute atomic E-state index is 0.245. The maximum Gasteiger partial charge on any atom is 0.0587 e. The monoisotopic (exact) mass is 201 g/mol. The van der Waals surface area contributed by atoms with Crippen LogP contribution in [0.5, 0.6) is 0 Å². The van der Waals surface area contributed by atoms with Gasteiger partial charge < -0.3 is 15.2 Å². The predicted octanol–water partition coefficient (Wildman–Crippen LogP) is 1.16. The summed E-state index contributed by atoms with van der Waals surface area (Å²) in [5, 5.41) is 12.8. The molecule has 1 heterocycles. The highest BCUT2D eigenvalue weighted by Gasteiger charge is 2.23. The average Bonchev–Trinajstić information content (AvgIpc) is 2.26. The molecule has 2 unspecified atom stereocenters. The number of hydrogen-bond acceptors (Lipinski definition) is 3. The maximum absolute atomic E-state index is 9.32. The first-order valence-electron chi connectivity index (χ1n) is 5.72. The third-order valence-electron chi connectivity index (χ3n) is 3.14. The van der Waals surface area contributed by atoms with E-state index < -0.39 is 0 Å². The second-order valence-electron chi connectivity index (χ2n) is 4.21. The molecular weight excluding hydrogens is 178 g/mol. The van der Waals surface area contributed by atoms with Gasteiger partial charge in [0.05, 0.1) is 6.61 Å². The van der Waals surface area contributed by atoms with Crippen LogP contribution in [0.4, 0.5) is 0 Å².